The van der Waals surface area contributed by atoms with Crippen LogP contribution in [0.25, 0.3) is 5.57 Å². The molecule has 1 aromatic rings. The molecule has 1 fully saturated rings. The van der Waals surface area contributed by atoms with Gasteiger partial charge in [-0.2, -0.15) is 0 Å². The number of carbonyl (C=O) groups excluding carboxylic acids is 1. The molecule has 114 valence electrons. The highest BCUT2D eigenvalue weighted by atomic mass is 19.1. The van der Waals surface area contributed by atoms with Crippen molar-refractivity contribution in [3.63, 3.8) is 0 Å². The first-order chi connectivity index (χ1) is 9.85. The second-order valence-electron chi connectivity index (χ2n) is 5.79. The molecule has 0 heterocycles. The van der Waals surface area contributed by atoms with Crippen LogP contribution in [0, 0.1) is 17.6 Å². The number of halogens is 2. The van der Waals surface area contributed by atoms with E-state index in [1.54, 1.807) is 13.8 Å². The van der Waals surface area contributed by atoms with Gasteiger partial charge in [0.15, 0.2) is 0 Å². The number of benzene rings is 1. The van der Waals surface area contributed by atoms with E-state index in [-0.39, 0.29) is 24.0 Å². The summed E-state index contributed by atoms with van der Waals surface area (Å²) in [5.74, 6) is -1.47. The van der Waals surface area contributed by atoms with Crippen LogP contribution in [0.5, 0.6) is 0 Å². The van der Waals surface area contributed by atoms with Crippen LogP contribution in [0.1, 0.15) is 32.3 Å². The number of nitrogens with one attached hydrogen (secondary N) is 1. The van der Waals surface area contributed by atoms with Crippen molar-refractivity contribution in [3.05, 3.63) is 41.5 Å². The van der Waals surface area contributed by atoms with E-state index in [0.29, 0.717) is 5.57 Å². The molecule has 1 saturated carbocycles. The van der Waals surface area contributed by atoms with E-state index in [0.717, 1.165) is 25.0 Å². The minimum absolute atomic E-state index is 0.138. The fraction of sp³-hybridized carbons (Fsp3) is 0.438. The van der Waals surface area contributed by atoms with E-state index in [1.807, 2.05) is 0 Å². The maximum Gasteiger partial charge on any atom is 0.244 e. The van der Waals surface area contributed by atoms with Gasteiger partial charge in [0, 0.05) is 17.7 Å². The lowest BCUT2D eigenvalue weighted by molar-refractivity contribution is -0.119. The summed E-state index contributed by atoms with van der Waals surface area (Å²) in [7, 11) is 0. The normalized spacial score (nSPS) is 18.2. The van der Waals surface area contributed by atoms with Crippen LogP contribution in [0.2, 0.25) is 0 Å². The SMILES string of the molecule is C/C(=C/C(=O)NC(C)(CO)C1CC1)c1ccc(F)cc1F. The minimum Gasteiger partial charge on any atom is -0.394 e. The summed E-state index contributed by atoms with van der Waals surface area (Å²) in [6.07, 6.45) is 3.23. The Morgan fingerprint density at radius 3 is 2.67 bits per heavy atom. The molecule has 0 aliphatic heterocycles. The summed E-state index contributed by atoms with van der Waals surface area (Å²) in [6.45, 7) is 3.24. The number of hydrogen-bond donors (Lipinski definition) is 2. The van der Waals surface area contributed by atoms with Crippen molar-refractivity contribution in [2.75, 3.05) is 6.61 Å². The summed E-state index contributed by atoms with van der Waals surface area (Å²) in [5.41, 5.74) is -0.0559. The van der Waals surface area contributed by atoms with Crippen LogP contribution in [-0.4, -0.2) is 23.2 Å². The molecule has 0 spiro atoms. The number of allylic oxidation sites excluding steroid dienone is 1. The number of amides is 1. The fourth-order valence-corrected chi connectivity index (χ4v) is 2.39. The van der Waals surface area contributed by atoms with Crippen LogP contribution in [0.3, 0.4) is 0 Å². The lowest BCUT2D eigenvalue weighted by Crippen LogP contribution is -2.50. The van der Waals surface area contributed by atoms with Gasteiger partial charge >= 0.3 is 0 Å². The maximum atomic E-state index is 13.6. The van der Waals surface area contributed by atoms with Crippen molar-refractivity contribution >= 4 is 11.5 Å². The molecule has 1 aromatic carbocycles. The van der Waals surface area contributed by atoms with E-state index >= 15 is 0 Å². The third-order valence-corrected chi connectivity index (χ3v) is 3.92. The first-order valence-corrected chi connectivity index (χ1v) is 6.92. The molecule has 0 aromatic heterocycles. The van der Waals surface area contributed by atoms with Crippen LogP contribution < -0.4 is 5.32 Å². The maximum absolute atomic E-state index is 13.6. The summed E-state index contributed by atoms with van der Waals surface area (Å²) >= 11 is 0. The molecule has 0 radical (unpaired) electrons. The van der Waals surface area contributed by atoms with Gasteiger partial charge in [0.2, 0.25) is 5.91 Å². The molecule has 1 unspecified atom stereocenters. The van der Waals surface area contributed by atoms with Gasteiger partial charge in [-0.05, 0) is 50.3 Å². The van der Waals surface area contributed by atoms with Crippen molar-refractivity contribution in [1.82, 2.24) is 5.32 Å². The number of aliphatic hydroxyl groups excluding tert-OH is 1. The van der Waals surface area contributed by atoms with Crippen LogP contribution in [0.4, 0.5) is 8.78 Å². The van der Waals surface area contributed by atoms with Crippen LogP contribution in [-0.2, 0) is 4.79 Å². The van der Waals surface area contributed by atoms with Crippen molar-refractivity contribution in [1.29, 1.82) is 0 Å². The lowest BCUT2D eigenvalue weighted by atomic mass is 9.96. The molecule has 1 aliphatic carbocycles. The highest BCUT2D eigenvalue weighted by molar-refractivity contribution is 5.95. The Bertz CT molecular complexity index is 582. The fourth-order valence-electron chi connectivity index (χ4n) is 2.39. The number of carbonyl (C=O) groups is 1. The number of rotatable bonds is 5. The monoisotopic (exact) mass is 295 g/mol. The van der Waals surface area contributed by atoms with E-state index in [1.165, 1.54) is 12.1 Å². The molecular formula is C16H19F2NO2. The first-order valence-electron chi connectivity index (χ1n) is 6.92. The smallest absolute Gasteiger partial charge is 0.244 e. The van der Waals surface area contributed by atoms with Gasteiger partial charge in [-0.1, -0.05) is 0 Å². The molecule has 2 N–H and O–H groups in total. The summed E-state index contributed by atoms with van der Waals surface area (Å²) < 4.78 is 26.5. The Balaban J connectivity index is 2.12. The molecule has 1 amide bonds. The molecule has 21 heavy (non-hydrogen) atoms. The average Bonchev–Trinajstić information content (AvgIpc) is 3.22. The average molecular weight is 295 g/mol. The second-order valence-corrected chi connectivity index (χ2v) is 5.79. The van der Waals surface area contributed by atoms with Gasteiger partial charge < -0.3 is 10.4 Å². The predicted octanol–water partition coefficient (Wildman–Crippen LogP) is 2.65. The molecule has 1 aliphatic rings. The van der Waals surface area contributed by atoms with E-state index < -0.39 is 17.2 Å². The zero-order valence-corrected chi connectivity index (χ0v) is 12.1. The highest BCUT2D eigenvalue weighted by Crippen LogP contribution is 2.39. The van der Waals surface area contributed by atoms with Gasteiger partial charge in [0.05, 0.1) is 12.1 Å². The quantitative estimate of drug-likeness (QED) is 0.820. The van der Waals surface area contributed by atoms with Crippen molar-refractivity contribution in [2.24, 2.45) is 5.92 Å². The van der Waals surface area contributed by atoms with Gasteiger partial charge in [-0.25, -0.2) is 8.78 Å². The van der Waals surface area contributed by atoms with Gasteiger partial charge in [0.1, 0.15) is 11.6 Å². The van der Waals surface area contributed by atoms with Gasteiger partial charge in [-0.3, -0.25) is 4.79 Å². The predicted molar refractivity (Wildman–Crippen MR) is 76.4 cm³/mol. The summed E-state index contributed by atoms with van der Waals surface area (Å²) in [6, 6.07) is 3.23. The summed E-state index contributed by atoms with van der Waals surface area (Å²) in [5, 5.41) is 12.2. The van der Waals surface area contributed by atoms with E-state index in [9.17, 15) is 18.7 Å². The molecule has 1 atom stereocenters. The largest absolute Gasteiger partial charge is 0.394 e. The van der Waals surface area contributed by atoms with Gasteiger partial charge in [0.25, 0.3) is 0 Å². The lowest BCUT2D eigenvalue weighted by Gasteiger charge is -2.28. The van der Waals surface area contributed by atoms with Gasteiger partial charge in [-0.15, -0.1) is 0 Å². The third kappa shape index (κ3) is 3.67. The Morgan fingerprint density at radius 1 is 1.48 bits per heavy atom. The number of aliphatic hydroxyl groups is 1. The Hall–Kier alpha value is -1.75. The zero-order chi connectivity index (χ0) is 15.6. The molecule has 2 rings (SSSR count). The molecule has 0 bridgehead atoms. The van der Waals surface area contributed by atoms with E-state index in [4.69, 9.17) is 0 Å². The zero-order valence-electron chi connectivity index (χ0n) is 12.1. The molecule has 0 saturated heterocycles. The minimum atomic E-state index is -0.705. The molecular weight excluding hydrogens is 276 g/mol. The second kappa shape index (κ2) is 5.93. The molecule has 5 heteroatoms. The van der Waals surface area contributed by atoms with Crippen LogP contribution >= 0.6 is 0 Å². The first kappa shape index (κ1) is 15.6. The third-order valence-electron chi connectivity index (χ3n) is 3.92. The van der Waals surface area contributed by atoms with Crippen molar-refractivity contribution in [2.45, 2.75) is 32.2 Å². The van der Waals surface area contributed by atoms with E-state index in [2.05, 4.69) is 5.32 Å². The topological polar surface area (TPSA) is 49.3 Å². The number of hydrogen-bond acceptors (Lipinski definition) is 2. The Morgan fingerprint density at radius 2 is 2.14 bits per heavy atom. The van der Waals surface area contributed by atoms with Crippen molar-refractivity contribution < 1.29 is 18.7 Å². The Labute approximate surface area is 122 Å². The Kier molecular flexibility index (Phi) is 4.42. The van der Waals surface area contributed by atoms with Crippen molar-refractivity contribution in [3.8, 4) is 0 Å². The summed E-state index contributed by atoms with van der Waals surface area (Å²) in [4.78, 5) is 12.0. The highest BCUT2D eigenvalue weighted by Gasteiger charge is 2.41. The van der Waals surface area contributed by atoms with Crippen LogP contribution in [0.15, 0.2) is 24.3 Å². The molecule has 3 nitrogen and oxygen atoms in total. The standard InChI is InChI=1S/C16H19F2NO2/c1-10(13-6-5-12(17)8-14(13)18)7-15(21)19-16(2,9-20)11-3-4-11/h5-8,11,20H,3-4,9H2,1-2H3,(H,19,21)/b10-7-.